The van der Waals surface area contributed by atoms with Crippen LogP contribution in [0.15, 0.2) is 29.4 Å². The zero-order chi connectivity index (χ0) is 11.5. The Labute approximate surface area is 96.4 Å². The molecule has 2 rings (SSSR count). The third-order valence-corrected chi connectivity index (χ3v) is 2.25. The number of benzene rings is 1. The Morgan fingerprint density at radius 2 is 2.38 bits per heavy atom. The molecule has 0 atom stereocenters. The van der Waals surface area contributed by atoms with E-state index in [1.54, 1.807) is 19.1 Å². The second-order valence-corrected chi connectivity index (χ2v) is 3.57. The summed E-state index contributed by atoms with van der Waals surface area (Å²) in [5.41, 5.74) is 0.669. The van der Waals surface area contributed by atoms with Gasteiger partial charge in [-0.05, 0) is 36.8 Å². The van der Waals surface area contributed by atoms with Crippen LogP contribution in [0.25, 0.3) is 0 Å². The van der Waals surface area contributed by atoms with Gasteiger partial charge in [0, 0.05) is 0 Å². The average molecular weight is 236 g/mol. The SMILES string of the molecule is Cc1n[nH]c(=S)n1N=Cc1cccc(F)c1. The lowest BCUT2D eigenvalue weighted by atomic mass is 10.2. The number of hydrogen-bond donors (Lipinski definition) is 1. The third kappa shape index (κ3) is 2.22. The van der Waals surface area contributed by atoms with Crippen molar-refractivity contribution >= 4 is 18.4 Å². The number of aromatic nitrogens is 3. The highest BCUT2D eigenvalue weighted by Crippen LogP contribution is 2.01. The largest absolute Gasteiger partial charge is 0.250 e. The molecule has 0 saturated carbocycles. The van der Waals surface area contributed by atoms with Gasteiger partial charge in [-0.25, -0.2) is 4.39 Å². The zero-order valence-corrected chi connectivity index (χ0v) is 9.33. The predicted molar refractivity (Wildman–Crippen MR) is 61.5 cm³/mol. The van der Waals surface area contributed by atoms with Crippen LogP contribution in [0.1, 0.15) is 11.4 Å². The molecule has 0 spiro atoms. The van der Waals surface area contributed by atoms with E-state index in [0.29, 0.717) is 16.2 Å². The Bertz CT molecular complexity index is 585. The molecule has 16 heavy (non-hydrogen) atoms. The summed E-state index contributed by atoms with van der Waals surface area (Å²) in [6.07, 6.45) is 1.53. The van der Waals surface area contributed by atoms with Crippen molar-refractivity contribution in [2.45, 2.75) is 6.92 Å². The van der Waals surface area contributed by atoms with Gasteiger partial charge < -0.3 is 0 Å². The van der Waals surface area contributed by atoms with Crippen molar-refractivity contribution in [3.63, 3.8) is 0 Å². The van der Waals surface area contributed by atoms with E-state index < -0.39 is 0 Å². The van der Waals surface area contributed by atoms with Crippen LogP contribution < -0.4 is 0 Å². The van der Waals surface area contributed by atoms with Gasteiger partial charge in [0.1, 0.15) is 11.6 Å². The minimum Gasteiger partial charge on any atom is -0.250 e. The van der Waals surface area contributed by atoms with Gasteiger partial charge in [0.05, 0.1) is 6.21 Å². The van der Waals surface area contributed by atoms with Crippen LogP contribution in [0.3, 0.4) is 0 Å². The third-order valence-electron chi connectivity index (χ3n) is 1.98. The Hall–Kier alpha value is -1.82. The van der Waals surface area contributed by atoms with Crippen molar-refractivity contribution in [2.24, 2.45) is 5.10 Å². The van der Waals surface area contributed by atoms with E-state index in [9.17, 15) is 4.39 Å². The number of H-pyrrole nitrogens is 1. The van der Waals surface area contributed by atoms with E-state index in [1.807, 2.05) is 0 Å². The molecule has 0 unspecified atom stereocenters. The van der Waals surface area contributed by atoms with Crippen LogP contribution in [0, 0.1) is 17.5 Å². The Morgan fingerprint density at radius 1 is 1.56 bits per heavy atom. The van der Waals surface area contributed by atoms with Crippen molar-refractivity contribution < 1.29 is 4.39 Å². The predicted octanol–water partition coefficient (Wildman–Crippen LogP) is 2.27. The molecule has 4 nitrogen and oxygen atoms in total. The molecule has 1 aromatic carbocycles. The lowest BCUT2D eigenvalue weighted by molar-refractivity contribution is 0.627. The van der Waals surface area contributed by atoms with E-state index in [1.165, 1.54) is 23.0 Å². The molecule has 0 amide bonds. The van der Waals surface area contributed by atoms with Crippen molar-refractivity contribution in [1.29, 1.82) is 0 Å². The van der Waals surface area contributed by atoms with E-state index in [2.05, 4.69) is 15.3 Å². The Kier molecular flexibility index (Phi) is 2.91. The minimum absolute atomic E-state index is 0.295. The molecule has 0 aliphatic rings. The van der Waals surface area contributed by atoms with Crippen LogP contribution >= 0.6 is 12.2 Å². The number of halogens is 1. The van der Waals surface area contributed by atoms with Crippen LogP contribution in [0.5, 0.6) is 0 Å². The van der Waals surface area contributed by atoms with Crippen molar-refractivity contribution in [2.75, 3.05) is 0 Å². The van der Waals surface area contributed by atoms with Crippen molar-refractivity contribution in [3.05, 3.63) is 46.2 Å². The number of hydrogen-bond acceptors (Lipinski definition) is 3. The molecule has 0 aliphatic carbocycles. The monoisotopic (exact) mass is 236 g/mol. The summed E-state index contributed by atoms with van der Waals surface area (Å²) in [6.45, 7) is 1.77. The van der Waals surface area contributed by atoms with Gasteiger partial charge in [-0.3, -0.25) is 5.10 Å². The molecule has 0 aliphatic heterocycles. The van der Waals surface area contributed by atoms with Gasteiger partial charge in [0.25, 0.3) is 0 Å². The molecule has 82 valence electrons. The highest BCUT2D eigenvalue weighted by molar-refractivity contribution is 7.71. The maximum absolute atomic E-state index is 12.9. The number of nitrogens with one attached hydrogen (secondary N) is 1. The molecule has 0 fully saturated rings. The van der Waals surface area contributed by atoms with Gasteiger partial charge in [-0.2, -0.15) is 14.9 Å². The fourth-order valence-corrected chi connectivity index (χ4v) is 1.44. The maximum atomic E-state index is 12.9. The molecule has 1 N–H and O–H groups in total. The summed E-state index contributed by atoms with van der Waals surface area (Å²) < 4.78 is 14.8. The molecular weight excluding hydrogens is 227 g/mol. The average Bonchev–Trinajstić information content (AvgIpc) is 2.56. The first-order valence-corrected chi connectivity index (χ1v) is 5.01. The number of nitrogens with zero attached hydrogens (tertiary/aromatic N) is 3. The first-order chi connectivity index (χ1) is 7.66. The van der Waals surface area contributed by atoms with Crippen LogP contribution in [0.2, 0.25) is 0 Å². The molecule has 2 aromatic rings. The van der Waals surface area contributed by atoms with Crippen LogP contribution in [-0.2, 0) is 0 Å². The van der Waals surface area contributed by atoms with Crippen LogP contribution in [0.4, 0.5) is 4.39 Å². The van der Waals surface area contributed by atoms with Crippen molar-refractivity contribution in [3.8, 4) is 0 Å². The van der Waals surface area contributed by atoms with Gasteiger partial charge >= 0.3 is 0 Å². The fraction of sp³-hybridized carbons (Fsp3) is 0.100. The standard InChI is InChI=1S/C10H9FN4S/c1-7-13-14-10(16)15(7)12-6-8-3-2-4-9(11)5-8/h2-6H,1H3,(H,14,16). The van der Waals surface area contributed by atoms with Gasteiger partial charge in [-0.1, -0.05) is 12.1 Å². The second kappa shape index (κ2) is 4.36. The highest BCUT2D eigenvalue weighted by Gasteiger charge is 1.97. The van der Waals surface area contributed by atoms with Crippen molar-refractivity contribution in [1.82, 2.24) is 14.9 Å². The normalized spacial score (nSPS) is 11.1. The smallest absolute Gasteiger partial charge is 0.216 e. The van der Waals surface area contributed by atoms with Gasteiger partial charge in [-0.15, -0.1) is 0 Å². The van der Waals surface area contributed by atoms with E-state index in [4.69, 9.17) is 12.2 Å². The molecule has 0 saturated heterocycles. The van der Waals surface area contributed by atoms with E-state index >= 15 is 0 Å². The molecule has 0 bridgehead atoms. The highest BCUT2D eigenvalue weighted by atomic mass is 32.1. The molecule has 6 heteroatoms. The number of aryl methyl sites for hydroxylation is 1. The topological polar surface area (TPSA) is 46.0 Å². The summed E-state index contributed by atoms with van der Waals surface area (Å²) in [4.78, 5) is 0. The summed E-state index contributed by atoms with van der Waals surface area (Å²) in [5, 5.41) is 10.6. The van der Waals surface area contributed by atoms with Gasteiger partial charge in [0.15, 0.2) is 0 Å². The molecule has 0 radical (unpaired) electrons. The summed E-state index contributed by atoms with van der Waals surface area (Å²) >= 11 is 4.97. The first-order valence-electron chi connectivity index (χ1n) is 4.61. The number of rotatable bonds is 2. The summed E-state index contributed by atoms with van der Waals surface area (Å²) in [7, 11) is 0. The quantitative estimate of drug-likeness (QED) is 0.642. The fourth-order valence-electron chi connectivity index (χ4n) is 1.22. The minimum atomic E-state index is -0.295. The maximum Gasteiger partial charge on any atom is 0.216 e. The Balaban J connectivity index is 2.32. The lowest BCUT2D eigenvalue weighted by Crippen LogP contribution is -1.93. The van der Waals surface area contributed by atoms with E-state index in [0.717, 1.165) is 0 Å². The molecule has 1 heterocycles. The summed E-state index contributed by atoms with van der Waals surface area (Å²) in [6, 6.07) is 6.15. The molecular formula is C10H9FN4S. The zero-order valence-electron chi connectivity index (χ0n) is 8.51. The second-order valence-electron chi connectivity index (χ2n) is 3.19. The van der Waals surface area contributed by atoms with Gasteiger partial charge in [0.2, 0.25) is 4.77 Å². The first kappa shape index (κ1) is 10.7. The number of aromatic amines is 1. The van der Waals surface area contributed by atoms with E-state index in [-0.39, 0.29) is 5.82 Å². The van der Waals surface area contributed by atoms with Crippen LogP contribution in [-0.4, -0.2) is 21.1 Å². The molecule has 1 aromatic heterocycles. The Morgan fingerprint density at radius 3 is 3.00 bits per heavy atom. The lowest BCUT2D eigenvalue weighted by Gasteiger charge is -1.95. The summed E-state index contributed by atoms with van der Waals surface area (Å²) in [5.74, 6) is 0.356.